The first-order valence-electron chi connectivity index (χ1n) is 13.2. The molecule has 0 spiro atoms. The van der Waals surface area contributed by atoms with E-state index in [1.807, 2.05) is 6.07 Å². The second-order valence-corrected chi connectivity index (χ2v) is 10.3. The Kier molecular flexibility index (Phi) is 5.96. The minimum Gasteiger partial charge on any atom is -0.0843 e. The van der Waals surface area contributed by atoms with E-state index in [9.17, 15) is 0 Å². The van der Waals surface area contributed by atoms with Crippen molar-refractivity contribution in [3.05, 3.63) is 157 Å². The zero-order valence-corrected chi connectivity index (χ0v) is 22.1. The SMILES string of the molecule is Clc1cc(-c2cccc(-c3ccccc3)c2)cc(-c2c3ccccc3c(-c3ccccc3)c3ccccc23)c1. The number of benzene rings is 7. The van der Waals surface area contributed by atoms with Crippen molar-refractivity contribution in [1.82, 2.24) is 0 Å². The van der Waals surface area contributed by atoms with Gasteiger partial charge in [0.2, 0.25) is 0 Å². The summed E-state index contributed by atoms with van der Waals surface area (Å²) >= 11 is 6.84. The smallest absolute Gasteiger partial charge is 0.0418 e. The van der Waals surface area contributed by atoms with Crippen molar-refractivity contribution in [2.75, 3.05) is 0 Å². The first-order valence-corrected chi connectivity index (χ1v) is 13.6. The van der Waals surface area contributed by atoms with Crippen molar-refractivity contribution < 1.29 is 0 Å². The first-order chi connectivity index (χ1) is 19.3. The van der Waals surface area contributed by atoms with Crippen LogP contribution >= 0.6 is 11.6 Å². The van der Waals surface area contributed by atoms with Crippen LogP contribution in [0.25, 0.3) is 66.1 Å². The number of hydrogen-bond acceptors (Lipinski definition) is 0. The summed E-state index contributed by atoms with van der Waals surface area (Å²) in [6.45, 7) is 0. The Labute approximate surface area is 233 Å². The third kappa shape index (κ3) is 4.30. The molecule has 0 fully saturated rings. The molecule has 0 saturated heterocycles. The molecule has 0 unspecified atom stereocenters. The molecule has 0 aliphatic rings. The second kappa shape index (κ2) is 9.91. The fourth-order valence-electron chi connectivity index (χ4n) is 5.76. The third-order valence-electron chi connectivity index (χ3n) is 7.48. The second-order valence-electron chi connectivity index (χ2n) is 9.88. The molecule has 39 heavy (non-hydrogen) atoms. The van der Waals surface area contributed by atoms with Crippen LogP contribution in [0.3, 0.4) is 0 Å². The van der Waals surface area contributed by atoms with Crippen LogP contribution in [0.1, 0.15) is 0 Å². The summed E-state index contributed by atoms with van der Waals surface area (Å²) in [5, 5.41) is 5.66. The highest BCUT2D eigenvalue weighted by molar-refractivity contribution is 6.31. The molecule has 7 aromatic carbocycles. The van der Waals surface area contributed by atoms with E-state index in [1.165, 1.54) is 49.4 Å². The van der Waals surface area contributed by atoms with Crippen molar-refractivity contribution >= 4 is 33.1 Å². The van der Waals surface area contributed by atoms with Crippen molar-refractivity contribution in [1.29, 1.82) is 0 Å². The van der Waals surface area contributed by atoms with Gasteiger partial charge in [-0.1, -0.05) is 139 Å². The summed E-state index contributed by atoms with van der Waals surface area (Å²) in [5.74, 6) is 0. The molecule has 0 radical (unpaired) electrons. The molecular weight excluding hydrogens is 492 g/mol. The Balaban J connectivity index is 1.48. The highest BCUT2D eigenvalue weighted by Crippen LogP contribution is 2.44. The molecule has 0 aliphatic heterocycles. The first kappa shape index (κ1) is 23.5. The van der Waals surface area contributed by atoms with Gasteiger partial charge in [0, 0.05) is 5.02 Å². The van der Waals surface area contributed by atoms with Crippen molar-refractivity contribution in [2.45, 2.75) is 0 Å². The molecule has 7 aromatic rings. The zero-order valence-electron chi connectivity index (χ0n) is 21.3. The Morgan fingerprint density at radius 3 is 1.23 bits per heavy atom. The van der Waals surface area contributed by atoms with Crippen LogP contribution in [0.5, 0.6) is 0 Å². The molecule has 0 atom stereocenters. The van der Waals surface area contributed by atoms with Gasteiger partial charge in [0.1, 0.15) is 0 Å². The van der Waals surface area contributed by atoms with Crippen LogP contribution in [-0.4, -0.2) is 0 Å². The normalized spacial score (nSPS) is 11.2. The molecule has 0 nitrogen and oxygen atoms in total. The highest BCUT2D eigenvalue weighted by atomic mass is 35.5. The fourth-order valence-corrected chi connectivity index (χ4v) is 6.00. The maximum atomic E-state index is 6.84. The van der Waals surface area contributed by atoms with Gasteiger partial charge in [-0.15, -0.1) is 0 Å². The third-order valence-corrected chi connectivity index (χ3v) is 7.70. The van der Waals surface area contributed by atoms with Gasteiger partial charge in [-0.25, -0.2) is 0 Å². The van der Waals surface area contributed by atoms with Gasteiger partial charge in [-0.3, -0.25) is 0 Å². The quantitative estimate of drug-likeness (QED) is 0.204. The summed E-state index contributed by atoms with van der Waals surface area (Å²) in [7, 11) is 0. The van der Waals surface area contributed by atoms with Crippen LogP contribution in [0.4, 0.5) is 0 Å². The molecule has 0 N–H and O–H groups in total. The van der Waals surface area contributed by atoms with Crippen molar-refractivity contribution in [3.63, 3.8) is 0 Å². The molecule has 0 heterocycles. The molecule has 7 rings (SSSR count). The summed E-state index contributed by atoms with van der Waals surface area (Å²) in [6.07, 6.45) is 0. The summed E-state index contributed by atoms with van der Waals surface area (Å²) in [6, 6.07) is 53.8. The fraction of sp³-hybridized carbons (Fsp3) is 0. The van der Waals surface area contributed by atoms with Crippen LogP contribution in [-0.2, 0) is 0 Å². The number of halogens is 1. The van der Waals surface area contributed by atoms with E-state index in [1.54, 1.807) is 0 Å². The largest absolute Gasteiger partial charge is 0.0843 e. The number of fused-ring (bicyclic) bond motifs is 2. The molecule has 0 saturated carbocycles. The van der Waals surface area contributed by atoms with E-state index in [2.05, 4.69) is 146 Å². The highest BCUT2D eigenvalue weighted by Gasteiger charge is 2.17. The molecule has 184 valence electrons. The average molecular weight is 517 g/mol. The topological polar surface area (TPSA) is 0 Å². The van der Waals surface area contributed by atoms with E-state index >= 15 is 0 Å². The average Bonchev–Trinajstić information content (AvgIpc) is 3.00. The maximum absolute atomic E-state index is 6.84. The summed E-state index contributed by atoms with van der Waals surface area (Å²) in [4.78, 5) is 0. The zero-order chi connectivity index (χ0) is 26.2. The summed E-state index contributed by atoms with van der Waals surface area (Å²) < 4.78 is 0. The van der Waals surface area contributed by atoms with Gasteiger partial charge >= 0.3 is 0 Å². The van der Waals surface area contributed by atoms with E-state index < -0.39 is 0 Å². The Morgan fingerprint density at radius 2 is 0.667 bits per heavy atom. The van der Waals surface area contributed by atoms with Crippen molar-refractivity contribution in [2.24, 2.45) is 0 Å². The van der Waals surface area contributed by atoms with Gasteiger partial charge in [0.25, 0.3) is 0 Å². The van der Waals surface area contributed by atoms with E-state index in [-0.39, 0.29) is 0 Å². The molecule has 0 aromatic heterocycles. The van der Waals surface area contributed by atoms with Gasteiger partial charge in [-0.2, -0.15) is 0 Å². The van der Waals surface area contributed by atoms with E-state index in [0.29, 0.717) is 0 Å². The predicted molar refractivity (Wildman–Crippen MR) is 168 cm³/mol. The van der Waals surface area contributed by atoms with Gasteiger partial charge in [0.05, 0.1) is 0 Å². The summed E-state index contributed by atoms with van der Waals surface area (Å²) in [5.41, 5.74) is 9.47. The van der Waals surface area contributed by atoms with Crippen molar-refractivity contribution in [3.8, 4) is 44.5 Å². The lowest BCUT2D eigenvalue weighted by Crippen LogP contribution is -1.91. The predicted octanol–water partition coefficient (Wildman–Crippen LogP) is 11.3. The minimum atomic E-state index is 0.730. The van der Waals surface area contributed by atoms with Crippen LogP contribution in [0.2, 0.25) is 5.02 Å². The van der Waals surface area contributed by atoms with Crippen LogP contribution < -0.4 is 0 Å². The van der Waals surface area contributed by atoms with Crippen LogP contribution in [0, 0.1) is 0 Å². The lowest BCUT2D eigenvalue weighted by molar-refractivity contribution is 1.58. The van der Waals surface area contributed by atoms with Gasteiger partial charge < -0.3 is 0 Å². The monoisotopic (exact) mass is 516 g/mol. The molecule has 0 amide bonds. The standard InChI is InChI=1S/C38H25Cl/c39-32-24-30(29-17-11-16-28(22-29)26-12-3-1-4-13-26)23-31(25-32)38-35-20-9-7-18-33(35)37(27-14-5-2-6-15-27)34-19-8-10-21-36(34)38/h1-25H. The maximum Gasteiger partial charge on any atom is 0.0418 e. The van der Waals surface area contributed by atoms with Gasteiger partial charge in [-0.05, 0) is 90.3 Å². The molecule has 1 heteroatoms. The lowest BCUT2D eigenvalue weighted by Gasteiger charge is -2.18. The van der Waals surface area contributed by atoms with Crippen LogP contribution in [0.15, 0.2) is 152 Å². The Hall–Kier alpha value is -4.65. The Bertz CT molecular complexity index is 1900. The molecule has 0 aliphatic carbocycles. The van der Waals surface area contributed by atoms with E-state index in [0.717, 1.165) is 21.7 Å². The Morgan fingerprint density at radius 1 is 0.282 bits per heavy atom. The minimum absolute atomic E-state index is 0.730. The molecule has 0 bridgehead atoms. The lowest BCUT2D eigenvalue weighted by atomic mass is 9.85. The number of rotatable bonds is 4. The molecular formula is C38H25Cl. The van der Waals surface area contributed by atoms with Gasteiger partial charge in [0.15, 0.2) is 0 Å². The number of hydrogen-bond donors (Lipinski definition) is 0. The van der Waals surface area contributed by atoms with E-state index in [4.69, 9.17) is 11.6 Å².